The van der Waals surface area contributed by atoms with Gasteiger partial charge in [0.05, 0.1) is 26.7 Å². The first kappa shape index (κ1) is 13.7. The normalized spacial score (nSPS) is 16.4. The summed E-state index contributed by atoms with van der Waals surface area (Å²) in [5, 5.41) is 0. The molecule has 4 nitrogen and oxygen atoms in total. The average molecular weight is 264 g/mol. The number of rotatable bonds is 5. The van der Waals surface area contributed by atoms with E-state index in [1.54, 1.807) is 14.2 Å². The van der Waals surface area contributed by atoms with E-state index in [0.717, 1.165) is 36.3 Å². The van der Waals surface area contributed by atoms with Gasteiger partial charge < -0.3 is 14.2 Å². The highest BCUT2D eigenvalue weighted by atomic mass is 16.5. The summed E-state index contributed by atoms with van der Waals surface area (Å²) in [6.45, 7) is 0. The molecule has 0 spiro atoms. The number of hydrogen-bond acceptors (Lipinski definition) is 4. The van der Waals surface area contributed by atoms with Crippen LogP contribution in [0.4, 0.5) is 0 Å². The molecule has 0 N–H and O–H groups in total. The molecule has 0 unspecified atom stereocenters. The van der Waals surface area contributed by atoms with Gasteiger partial charge in [0.1, 0.15) is 11.5 Å². The number of methoxy groups -OCH3 is 3. The molecule has 0 heterocycles. The number of hydrogen-bond donors (Lipinski definition) is 0. The molecular weight excluding hydrogens is 244 g/mol. The van der Waals surface area contributed by atoms with Gasteiger partial charge >= 0.3 is 5.97 Å². The maximum atomic E-state index is 12.0. The number of esters is 1. The molecule has 1 fully saturated rings. The van der Waals surface area contributed by atoms with Crippen molar-refractivity contribution in [2.24, 2.45) is 5.41 Å². The summed E-state index contributed by atoms with van der Waals surface area (Å²) in [4.78, 5) is 12.0. The first-order valence-corrected chi connectivity index (χ1v) is 6.44. The lowest BCUT2D eigenvalue weighted by Gasteiger charge is -2.39. The van der Waals surface area contributed by atoms with Crippen LogP contribution in [0.2, 0.25) is 0 Å². The molecule has 104 valence electrons. The van der Waals surface area contributed by atoms with Crippen LogP contribution < -0.4 is 9.47 Å². The van der Waals surface area contributed by atoms with Gasteiger partial charge in [-0.2, -0.15) is 0 Å². The summed E-state index contributed by atoms with van der Waals surface area (Å²) in [6.07, 6.45) is 3.50. The van der Waals surface area contributed by atoms with Crippen molar-refractivity contribution in [2.45, 2.75) is 25.7 Å². The van der Waals surface area contributed by atoms with Crippen LogP contribution in [0, 0.1) is 5.41 Å². The molecule has 1 aliphatic carbocycles. The Kier molecular flexibility index (Phi) is 3.98. The van der Waals surface area contributed by atoms with Crippen molar-refractivity contribution in [3.63, 3.8) is 0 Å². The molecule has 0 aromatic heterocycles. The number of benzene rings is 1. The highest BCUT2D eigenvalue weighted by molar-refractivity contribution is 5.78. The molecule has 1 aliphatic rings. The smallest absolute Gasteiger partial charge is 0.312 e. The van der Waals surface area contributed by atoms with Crippen LogP contribution in [-0.2, 0) is 16.0 Å². The first-order valence-electron chi connectivity index (χ1n) is 6.44. The van der Waals surface area contributed by atoms with Gasteiger partial charge in [-0.3, -0.25) is 4.79 Å². The Balaban J connectivity index is 2.24. The predicted octanol–water partition coefficient (Wildman–Crippen LogP) is 2.59. The molecule has 1 aromatic carbocycles. The molecule has 0 saturated heterocycles. The number of carbonyl (C=O) groups excluding carboxylic acids is 1. The van der Waals surface area contributed by atoms with Gasteiger partial charge in [-0.05, 0) is 30.9 Å². The van der Waals surface area contributed by atoms with E-state index in [2.05, 4.69) is 0 Å². The van der Waals surface area contributed by atoms with Gasteiger partial charge in [-0.15, -0.1) is 0 Å². The highest BCUT2D eigenvalue weighted by Gasteiger charge is 2.45. The topological polar surface area (TPSA) is 44.8 Å². The molecule has 19 heavy (non-hydrogen) atoms. The molecular formula is C15H20O4. The lowest BCUT2D eigenvalue weighted by molar-refractivity contribution is -0.158. The minimum atomic E-state index is -0.364. The second-order valence-corrected chi connectivity index (χ2v) is 4.98. The van der Waals surface area contributed by atoms with E-state index < -0.39 is 0 Å². The first-order chi connectivity index (χ1) is 9.15. The lowest BCUT2D eigenvalue weighted by Crippen LogP contribution is -2.40. The van der Waals surface area contributed by atoms with E-state index in [4.69, 9.17) is 14.2 Å². The second kappa shape index (κ2) is 5.51. The van der Waals surface area contributed by atoms with Crippen molar-refractivity contribution < 1.29 is 19.0 Å². The minimum absolute atomic E-state index is 0.114. The van der Waals surface area contributed by atoms with E-state index in [0.29, 0.717) is 6.42 Å². The van der Waals surface area contributed by atoms with E-state index in [-0.39, 0.29) is 11.4 Å². The van der Waals surface area contributed by atoms with Crippen LogP contribution in [0.3, 0.4) is 0 Å². The second-order valence-electron chi connectivity index (χ2n) is 4.98. The Hall–Kier alpha value is -1.71. The molecule has 0 bridgehead atoms. The molecule has 0 amide bonds. The van der Waals surface area contributed by atoms with Crippen LogP contribution in [0.5, 0.6) is 11.5 Å². The maximum Gasteiger partial charge on any atom is 0.312 e. The van der Waals surface area contributed by atoms with E-state index >= 15 is 0 Å². The Morgan fingerprint density at radius 1 is 1.21 bits per heavy atom. The summed E-state index contributed by atoms with van der Waals surface area (Å²) >= 11 is 0. The predicted molar refractivity (Wildman–Crippen MR) is 71.6 cm³/mol. The quantitative estimate of drug-likeness (QED) is 0.767. The molecule has 0 atom stereocenters. The lowest BCUT2D eigenvalue weighted by atomic mass is 9.65. The van der Waals surface area contributed by atoms with E-state index in [1.807, 2.05) is 18.2 Å². The zero-order valence-corrected chi connectivity index (χ0v) is 11.7. The van der Waals surface area contributed by atoms with Crippen LogP contribution in [-0.4, -0.2) is 27.3 Å². The fraction of sp³-hybridized carbons (Fsp3) is 0.533. The van der Waals surface area contributed by atoms with Crippen LogP contribution in [0.25, 0.3) is 0 Å². The molecule has 0 aliphatic heterocycles. The maximum absolute atomic E-state index is 12.0. The summed E-state index contributed by atoms with van der Waals surface area (Å²) in [5.41, 5.74) is 0.657. The summed E-state index contributed by atoms with van der Waals surface area (Å²) in [7, 11) is 4.70. The van der Waals surface area contributed by atoms with Gasteiger partial charge in [-0.1, -0.05) is 12.5 Å². The summed E-state index contributed by atoms with van der Waals surface area (Å²) in [6, 6.07) is 5.70. The Labute approximate surface area is 113 Å². The van der Waals surface area contributed by atoms with Crippen molar-refractivity contribution in [2.75, 3.05) is 21.3 Å². The average Bonchev–Trinajstić information content (AvgIpc) is 2.41. The summed E-state index contributed by atoms with van der Waals surface area (Å²) in [5.74, 6) is 1.40. The van der Waals surface area contributed by atoms with Gasteiger partial charge in [0.25, 0.3) is 0 Å². The zero-order valence-electron chi connectivity index (χ0n) is 11.7. The van der Waals surface area contributed by atoms with Crippen LogP contribution in [0.1, 0.15) is 24.8 Å². The minimum Gasteiger partial charge on any atom is -0.497 e. The van der Waals surface area contributed by atoms with E-state index in [1.165, 1.54) is 7.11 Å². The standard InChI is InChI=1S/C15H20O4/c1-17-12-6-5-11(13(9-12)18-2)10-15(7-4-8-15)14(16)19-3/h5-6,9H,4,7-8,10H2,1-3H3. The molecule has 4 heteroatoms. The third-order valence-corrected chi connectivity index (χ3v) is 3.95. The zero-order chi connectivity index (χ0) is 13.9. The largest absolute Gasteiger partial charge is 0.497 e. The highest BCUT2D eigenvalue weighted by Crippen LogP contribution is 2.46. The Morgan fingerprint density at radius 3 is 2.42 bits per heavy atom. The third kappa shape index (κ3) is 2.53. The van der Waals surface area contributed by atoms with Crippen LogP contribution in [0.15, 0.2) is 18.2 Å². The van der Waals surface area contributed by atoms with Crippen molar-refractivity contribution in [1.82, 2.24) is 0 Å². The van der Waals surface area contributed by atoms with E-state index in [9.17, 15) is 4.79 Å². The van der Waals surface area contributed by atoms with Crippen molar-refractivity contribution in [3.8, 4) is 11.5 Å². The fourth-order valence-corrected chi connectivity index (χ4v) is 2.64. The van der Waals surface area contributed by atoms with Crippen LogP contribution >= 0.6 is 0 Å². The molecule has 1 aromatic rings. The third-order valence-electron chi connectivity index (χ3n) is 3.95. The SMILES string of the molecule is COC(=O)C1(Cc2ccc(OC)cc2OC)CCC1. The van der Waals surface area contributed by atoms with Gasteiger partial charge in [0.15, 0.2) is 0 Å². The van der Waals surface area contributed by atoms with Crippen molar-refractivity contribution in [1.29, 1.82) is 0 Å². The molecule has 2 rings (SSSR count). The summed E-state index contributed by atoms with van der Waals surface area (Å²) < 4.78 is 15.5. The van der Waals surface area contributed by atoms with Gasteiger partial charge in [-0.25, -0.2) is 0 Å². The fourth-order valence-electron chi connectivity index (χ4n) is 2.64. The van der Waals surface area contributed by atoms with Gasteiger partial charge in [0, 0.05) is 6.07 Å². The molecule has 0 radical (unpaired) electrons. The number of ether oxygens (including phenoxy) is 3. The van der Waals surface area contributed by atoms with Gasteiger partial charge in [0.2, 0.25) is 0 Å². The number of carbonyl (C=O) groups is 1. The Bertz CT molecular complexity index is 463. The Morgan fingerprint density at radius 2 is 1.95 bits per heavy atom. The molecule has 1 saturated carbocycles. The van der Waals surface area contributed by atoms with Crippen molar-refractivity contribution in [3.05, 3.63) is 23.8 Å². The monoisotopic (exact) mass is 264 g/mol. The van der Waals surface area contributed by atoms with Crippen molar-refractivity contribution >= 4 is 5.97 Å².